The summed E-state index contributed by atoms with van der Waals surface area (Å²) in [5, 5.41) is 3.64. The fourth-order valence-corrected chi connectivity index (χ4v) is 2.92. The molecule has 1 heterocycles. The number of halogens is 3. The summed E-state index contributed by atoms with van der Waals surface area (Å²) in [6.07, 6.45) is 0.356. The molecule has 0 aliphatic rings. The van der Waals surface area contributed by atoms with Crippen LogP contribution in [-0.2, 0) is 14.3 Å². The predicted octanol–water partition coefficient (Wildman–Crippen LogP) is 4.70. The number of nitrogens with one attached hydrogen (secondary N) is 1. The maximum Gasteiger partial charge on any atom is 0.317 e. The van der Waals surface area contributed by atoms with E-state index >= 15 is 0 Å². The summed E-state index contributed by atoms with van der Waals surface area (Å²) in [5.41, 5.74) is 0. The van der Waals surface area contributed by atoms with Crippen LogP contribution in [0.5, 0.6) is 0 Å². The van der Waals surface area contributed by atoms with Gasteiger partial charge in [0.05, 0.1) is 15.8 Å². The van der Waals surface area contributed by atoms with Crippen molar-refractivity contribution in [2.45, 2.75) is 17.9 Å². The van der Waals surface area contributed by atoms with Gasteiger partial charge in [0.2, 0.25) is 0 Å². The van der Waals surface area contributed by atoms with E-state index in [4.69, 9.17) is 39.5 Å². The second-order valence-electron chi connectivity index (χ2n) is 4.85. The van der Waals surface area contributed by atoms with Crippen LogP contribution in [0.15, 0.2) is 41.4 Å². The number of carbonyl (C=O) groups is 2. The van der Waals surface area contributed by atoms with Crippen LogP contribution in [0, 0.1) is 0 Å². The molecule has 1 aromatic carbocycles. The first kappa shape index (κ1) is 19.8. The minimum atomic E-state index is -0.994. The molecular formula is C16H13Cl3N2O3S. The number of carbonyl (C=O) groups excluding carboxylic acids is 2. The van der Waals surface area contributed by atoms with Crippen molar-refractivity contribution in [3.8, 4) is 0 Å². The van der Waals surface area contributed by atoms with E-state index in [0.717, 1.165) is 4.90 Å². The minimum Gasteiger partial charge on any atom is -0.452 e. The summed E-state index contributed by atoms with van der Waals surface area (Å²) < 4.78 is 5.10. The van der Waals surface area contributed by atoms with Crippen molar-refractivity contribution < 1.29 is 14.3 Å². The van der Waals surface area contributed by atoms with Crippen molar-refractivity contribution in [1.82, 2.24) is 4.98 Å². The number of hydrogen-bond donors (Lipinski definition) is 1. The van der Waals surface area contributed by atoms with Gasteiger partial charge in [0.1, 0.15) is 0 Å². The van der Waals surface area contributed by atoms with Crippen molar-refractivity contribution >= 4 is 64.3 Å². The average molecular weight is 420 g/mol. The molecule has 1 N–H and O–H groups in total. The number of pyridine rings is 1. The molecule has 0 aliphatic heterocycles. The van der Waals surface area contributed by atoms with Gasteiger partial charge in [-0.2, -0.15) is 0 Å². The van der Waals surface area contributed by atoms with Gasteiger partial charge in [-0.25, -0.2) is 4.98 Å². The Balaban J connectivity index is 1.83. The SMILES string of the molecule is CC(OC(=O)CSc1ccc(Cl)cc1)C(=O)Nc1ncc(Cl)cc1Cl. The van der Waals surface area contributed by atoms with E-state index in [9.17, 15) is 9.59 Å². The van der Waals surface area contributed by atoms with Gasteiger partial charge in [-0.1, -0.05) is 34.8 Å². The van der Waals surface area contributed by atoms with Crippen LogP contribution in [0.1, 0.15) is 6.92 Å². The third kappa shape index (κ3) is 6.40. The lowest BCUT2D eigenvalue weighted by Gasteiger charge is -2.13. The van der Waals surface area contributed by atoms with E-state index in [1.54, 1.807) is 24.3 Å². The molecule has 0 saturated heterocycles. The molecule has 2 rings (SSSR count). The van der Waals surface area contributed by atoms with Crippen LogP contribution in [0.3, 0.4) is 0 Å². The summed E-state index contributed by atoms with van der Waals surface area (Å²) in [7, 11) is 0. The molecule has 0 aliphatic carbocycles. The molecule has 0 radical (unpaired) electrons. The lowest BCUT2D eigenvalue weighted by Crippen LogP contribution is -2.30. The van der Waals surface area contributed by atoms with Gasteiger partial charge in [0.15, 0.2) is 11.9 Å². The van der Waals surface area contributed by atoms with Crippen LogP contribution in [0.2, 0.25) is 15.1 Å². The summed E-state index contributed by atoms with van der Waals surface area (Å²) in [6.45, 7) is 1.46. The highest BCUT2D eigenvalue weighted by Crippen LogP contribution is 2.23. The quantitative estimate of drug-likeness (QED) is 0.543. The number of ether oxygens (including phenoxy) is 1. The Morgan fingerprint density at radius 2 is 1.88 bits per heavy atom. The third-order valence-electron chi connectivity index (χ3n) is 2.90. The molecule has 25 heavy (non-hydrogen) atoms. The Bertz CT molecular complexity index is 772. The molecule has 1 atom stereocenters. The van der Waals surface area contributed by atoms with Crippen LogP contribution in [0.4, 0.5) is 5.82 Å². The smallest absolute Gasteiger partial charge is 0.317 e. The Morgan fingerprint density at radius 3 is 2.52 bits per heavy atom. The Morgan fingerprint density at radius 1 is 1.20 bits per heavy atom. The zero-order valence-corrected chi connectivity index (χ0v) is 16.0. The van der Waals surface area contributed by atoms with Crippen molar-refractivity contribution in [1.29, 1.82) is 0 Å². The number of rotatable bonds is 6. The molecule has 2 aromatic rings. The van der Waals surface area contributed by atoms with Gasteiger partial charge < -0.3 is 10.1 Å². The zero-order chi connectivity index (χ0) is 18.4. The van der Waals surface area contributed by atoms with Gasteiger partial charge in [0, 0.05) is 16.1 Å². The van der Waals surface area contributed by atoms with E-state index in [0.29, 0.717) is 10.0 Å². The van der Waals surface area contributed by atoms with Gasteiger partial charge in [-0.05, 0) is 37.3 Å². The van der Waals surface area contributed by atoms with Crippen LogP contribution in [0.25, 0.3) is 0 Å². The van der Waals surface area contributed by atoms with Crippen molar-refractivity contribution in [2.75, 3.05) is 11.1 Å². The predicted molar refractivity (Wildman–Crippen MR) is 101 cm³/mol. The van der Waals surface area contributed by atoms with E-state index < -0.39 is 18.0 Å². The Labute approximate surface area is 164 Å². The molecule has 1 aromatic heterocycles. The number of benzene rings is 1. The minimum absolute atomic E-state index is 0.0687. The molecular weight excluding hydrogens is 407 g/mol. The fourth-order valence-electron chi connectivity index (χ4n) is 1.68. The van der Waals surface area contributed by atoms with Crippen LogP contribution < -0.4 is 5.32 Å². The summed E-state index contributed by atoms with van der Waals surface area (Å²) in [6, 6.07) is 8.50. The number of amides is 1. The second-order valence-corrected chi connectivity index (χ2v) is 7.18. The van der Waals surface area contributed by atoms with Crippen LogP contribution >= 0.6 is 46.6 Å². The number of thioether (sulfide) groups is 1. The first-order chi connectivity index (χ1) is 11.8. The molecule has 132 valence electrons. The molecule has 1 unspecified atom stereocenters. The summed E-state index contributed by atoms with van der Waals surface area (Å²) in [4.78, 5) is 28.7. The normalized spacial score (nSPS) is 11.7. The van der Waals surface area contributed by atoms with Crippen molar-refractivity contribution in [2.24, 2.45) is 0 Å². The molecule has 0 bridgehead atoms. The van der Waals surface area contributed by atoms with Gasteiger partial charge in [-0.15, -0.1) is 11.8 Å². The maximum absolute atomic E-state index is 12.1. The topological polar surface area (TPSA) is 68.3 Å². The van der Waals surface area contributed by atoms with E-state index in [2.05, 4.69) is 10.3 Å². The van der Waals surface area contributed by atoms with Gasteiger partial charge in [0.25, 0.3) is 5.91 Å². The van der Waals surface area contributed by atoms with Crippen molar-refractivity contribution in [3.63, 3.8) is 0 Å². The molecule has 0 saturated carbocycles. The molecule has 9 heteroatoms. The van der Waals surface area contributed by atoms with Gasteiger partial charge >= 0.3 is 5.97 Å². The van der Waals surface area contributed by atoms with Crippen LogP contribution in [-0.4, -0.2) is 28.7 Å². The first-order valence-corrected chi connectivity index (χ1v) is 9.17. The summed E-state index contributed by atoms with van der Waals surface area (Å²) in [5.74, 6) is -0.840. The number of anilines is 1. The van der Waals surface area contributed by atoms with Gasteiger partial charge in [-0.3, -0.25) is 9.59 Å². The highest BCUT2D eigenvalue weighted by Gasteiger charge is 2.19. The summed E-state index contributed by atoms with van der Waals surface area (Å²) >= 11 is 18.8. The first-order valence-electron chi connectivity index (χ1n) is 7.05. The number of nitrogens with zero attached hydrogens (tertiary/aromatic N) is 1. The molecule has 5 nitrogen and oxygen atoms in total. The standard InChI is InChI=1S/C16H13Cl3N2O3S/c1-9(16(23)21-15-13(19)6-11(18)7-20-15)24-14(22)8-25-12-4-2-10(17)3-5-12/h2-7,9H,8H2,1H3,(H,20,21,23). The average Bonchev–Trinajstić information content (AvgIpc) is 2.56. The van der Waals surface area contributed by atoms with E-state index in [-0.39, 0.29) is 16.6 Å². The third-order valence-corrected chi connectivity index (χ3v) is 4.63. The zero-order valence-electron chi connectivity index (χ0n) is 13.0. The Kier molecular flexibility index (Phi) is 7.38. The fraction of sp³-hybridized carbons (Fsp3) is 0.188. The number of aromatic nitrogens is 1. The largest absolute Gasteiger partial charge is 0.452 e. The monoisotopic (exact) mass is 418 g/mol. The van der Waals surface area contributed by atoms with E-state index in [1.807, 2.05) is 0 Å². The van der Waals surface area contributed by atoms with E-state index in [1.165, 1.54) is 30.9 Å². The van der Waals surface area contributed by atoms with Crippen molar-refractivity contribution in [3.05, 3.63) is 51.6 Å². The second kappa shape index (κ2) is 9.29. The highest BCUT2D eigenvalue weighted by atomic mass is 35.5. The maximum atomic E-state index is 12.1. The molecule has 0 spiro atoms. The number of hydrogen-bond acceptors (Lipinski definition) is 5. The molecule has 1 amide bonds. The lowest BCUT2D eigenvalue weighted by molar-refractivity contribution is -0.150. The Hall–Kier alpha value is -1.47. The number of esters is 1. The highest BCUT2D eigenvalue weighted by molar-refractivity contribution is 8.00. The molecule has 0 fully saturated rings. The lowest BCUT2D eigenvalue weighted by atomic mass is 10.3.